The maximum Gasteiger partial charge on any atom is 0.0928 e. The van der Waals surface area contributed by atoms with Crippen LogP contribution in [-0.2, 0) is 19.4 Å². The summed E-state index contributed by atoms with van der Waals surface area (Å²) in [6, 6.07) is 6.97. The Labute approximate surface area is 109 Å². The molecule has 96 valence electrons. The molecule has 18 heavy (non-hydrogen) atoms. The number of likely N-dealkylation sites (tertiary alicyclic amines) is 1. The van der Waals surface area contributed by atoms with E-state index in [2.05, 4.69) is 23.1 Å². The molecule has 0 aromatic heterocycles. The van der Waals surface area contributed by atoms with E-state index in [0.717, 1.165) is 19.6 Å². The van der Waals surface area contributed by atoms with Gasteiger partial charge in [-0.05, 0) is 54.7 Å². The molecule has 0 unspecified atom stereocenters. The van der Waals surface area contributed by atoms with Crippen LogP contribution in [0.15, 0.2) is 18.2 Å². The van der Waals surface area contributed by atoms with Gasteiger partial charge in [0.2, 0.25) is 0 Å². The molecule has 0 amide bonds. The summed E-state index contributed by atoms with van der Waals surface area (Å²) < 4.78 is 0. The first kappa shape index (κ1) is 11.0. The van der Waals surface area contributed by atoms with E-state index in [0.29, 0.717) is 5.92 Å². The van der Waals surface area contributed by atoms with Gasteiger partial charge in [0.05, 0.1) is 5.60 Å². The van der Waals surface area contributed by atoms with E-state index < -0.39 is 0 Å². The first-order valence-corrected chi connectivity index (χ1v) is 7.28. The zero-order valence-electron chi connectivity index (χ0n) is 10.9. The predicted molar refractivity (Wildman–Crippen MR) is 71.4 cm³/mol. The molecule has 0 radical (unpaired) electrons. The highest BCUT2D eigenvalue weighted by Gasteiger charge is 2.51. The standard InChI is InChI=1S/C16H21NO/c18-16(15-6-7-15)10-17(11-16)9-12-4-5-13-2-1-3-14(13)8-12/h4-5,8,15,18H,1-3,6-7,9-11H2. The topological polar surface area (TPSA) is 23.5 Å². The van der Waals surface area contributed by atoms with Gasteiger partial charge in [-0.3, -0.25) is 4.90 Å². The molecule has 1 aromatic carbocycles. The molecular formula is C16H21NO. The van der Waals surface area contributed by atoms with E-state index in [1.165, 1.54) is 37.7 Å². The molecule has 2 heteroatoms. The molecule has 2 nitrogen and oxygen atoms in total. The smallest absolute Gasteiger partial charge is 0.0928 e. The average Bonchev–Trinajstić information content (AvgIpc) is 3.07. The van der Waals surface area contributed by atoms with Gasteiger partial charge in [-0.1, -0.05) is 18.2 Å². The van der Waals surface area contributed by atoms with Crippen molar-refractivity contribution in [1.82, 2.24) is 4.90 Å². The Balaban J connectivity index is 1.41. The summed E-state index contributed by atoms with van der Waals surface area (Å²) in [7, 11) is 0. The third kappa shape index (κ3) is 1.79. The van der Waals surface area contributed by atoms with Crippen LogP contribution in [0.2, 0.25) is 0 Å². The van der Waals surface area contributed by atoms with Gasteiger partial charge in [0.25, 0.3) is 0 Å². The van der Waals surface area contributed by atoms with Crippen LogP contribution in [0.3, 0.4) is 0 Å². The van der Waals surface area contributed by atoms with Crippen LogP contribution in [-0.4, -0.2) is 28.7 Å². The summed E-state index contributed by atoms with van der Waals surface area (Å²) in [5.41, 5.74) is 4.20. The van der Waals surface area contributed by atoms with Crippen molar-refractivity contribution in [2.75, 3.05) is 13.1 Å². The fourth-order valence-electron chi connectivity index (χ4n) is 3.70. The zero-order valence-corrected chi connectivity index (χ0v) is 10.9. The van der Waals surface area contributed by atoms with Crippen molar-refractivity contribution in [3.63, 3.8) is 0 Å². The molecule has 1 saturated carbocycles. The number of rotatable bonds is 3. The Morgan fingerprint density at radius 2 is 1.94 bits per heavy atom. The number of β-amino-alcohol motifs (C(OH)–C–C–N with tert-alkyl or cyclic N) is 1. The number of hydrogen-bond acceptors (Lipinski definition) is 2. The lowest BCUT2D eigenvalue weighted by molar-refractivity contribution is -0.116. The summed E-state index contributed by atoms with van der Waals surface area (Å²) >= 11 is 0. The van der Waals surface area contributed by atoms with E-state index in [4.69, 9.17) is 0 Å². The molecule has 3 aliphatic rings. The lowest BCUT2D eigenvalue weighted by atomic mass is 9.88. The predicted octanol–water partition coefficient (Wildman–Crippen LogP) is 2.13. The molecule has 2 fully saturated rings. The summed E-state index contributed by atoms with van der Waals surface area (Å²) in [6.45, 7) is 2.78. The van der Waals surface area contributed by atoms with Crippen LogP contribution in [0.4, 0.5) is 0 Å². The van der Waals surface area contributed by atoms with Crippen molar-refractivity contribution in [2.45, 2.75) is 44.2 Å². The Hall–Kier alpha value is -0.860. The quantitative estimate of drug-likeness (QED) is 0.879. The Morgan fingerprint density at radius 1 is 1.17 bits per heavy atom. The fourth-order valence-corrected chi connectivity index (χ4v) is 3.70. The largest absolute Gasteiger partial charge is 0.387 e. The molecule has 0 spiro atoms. The molecule has 2 aliphatic carbocycles. The van der Waals surface area contributed by atoms with Gasteiger partial charge in [-0.15, -0.1) is 0 Å². The second kappa shape index (κ2) is 3.82. The number of hydrogen-bond donors (Lipinski definition) is 1. The molecule has 0 bridgehead atoms. The van der Waals surface area contributed by atoms with Crippen molar-refractivity contribution in [3.05, 3.63) is 34.9 Å². The lowest BCUT2D eigenvalue weighted by Crippen LogP contribution is -2.62. The van der Waals surface area contributed by atoms with Crippen molar-refractivity contribution >= 4 is 0 Å². The van der Waals surface area contributed by atoms with Gasteiger partial charge in [-0.25, -0.2) is 0 Å². The van der Waals surface area contributed by atoms with Crippen LogP contribution in [0.1, 0.15) is 36.0 Å². The molecule has 1 N–H and O–H groups in total. The SMILES string of the molecule is OC1(C2CC2)CN(Cc2ccc3c(c2)CCC3)C1. The van der Waals surface area contributed by atoms with Crippen LogP contribution in [0.5, 0.6) is 0 Å². The van der Waals surface area contributed by atoms with Crippen molar-refractivity contribution in [2.24, 2.45) is 5.92 Å². The average molecular weight is 243 g/mol. The monoisotopic (exact) mass is 243 g/mol. The molecule has 1 heterocycles. The van der Waals surface area contributed by atoms with Crippen molar-refractivity contribution in [1.29, 1.82) is 0 Å². The minimum Gasteiger partial charge on any atom is -0.387 e. The number of aryl methyl sites for hydroxylation is 2. The van der Waals surface area contributed by atoms with Gasteiger partial charge in [0.15, 0.2) is 0 Å². The molecule has 0 atom stereocenters. The normalized spacial score (nSPS) is 25.8. The molecule has 1 saturated heterocycles. The second-order valence-corrected chi connectivity index (χ2v) is 6.48. The maximum atomic E-state index is 10.3. The third-order valence-corrected chi connectivity index (χ3v) is 4.90. The Morgan fingerprint density at radius 3 is 2.72 bits per heavy atom. The van der Waals surface area contributed by atoms with Gasteiger partial charge < -0.3 is 5.11 Å². The minimum atomic E-state index is -0.337. The third-order valence-electron chi connectivity index (χ3n) is 4.90. The lowest BCUT2D eigenvalue weighted by Gasteiger charge is -2.47. The maximum absolute atomic E-state index is 10.3. The van der Waals surface area contributed by atoms with Gasteiger partial charge >= 0.3 is 0 Å². The van der Waals surface area contributed by atoms with E-state index >= 15 is 0 Å². The minimum absolute atomic E-state index is 0.337. The van der Waals surface area contributed by atoms with Crippen LogP contribution in [0, 0.1) is 5.92 Å². The van der Waals surface area contributed by atoms with E-state index in [-0.39, 0.29) is 5.60 Å². The number of benzene rings is 1. The number of aliphatic hydroxyl groups is 1. The van der Waals surface area contributed by atoms with E-state index in [9.17, 15) is 5.11 Å². The van der Waals surface area contributed by atoms with Gasteiger partial charge in [0, 0.05) is 19.6 Å². The summed E-state index contributed by atoms with van der Waals surface area (Å²) in [6.07, 6.45) is 6.33. The van der Waals surface area contributed by atoms with Crippen LogP contribution >= 0.6 is 0 Å². The summed E-state index contributed by atoms with van der Waals surface area (Å²) in [5, 5.41) is 10.3. The summed E-state index contributed by atoms with van der Waals surface area (Å²) in [5.74, 6) is 0.605. The molecule has 1 aromatic rings. The highest BCUT2D eigenvalue weighted by Crippen LogP contribution is 2.44. The summed E-state index contributed by atoms with van der Waals surface area (Å²) in [4.78, 5) is 2.38. The first-order chi connectivity index (χ1) is 8.73. The molecular weight excluding hydrogens is 222 g/mol. The number of nitrogens with zero attached hydrogens (tertiary/aromatic N) is 1. The van der Waals surface area contributed by atoms with Crippen LogP contribution in [0.25, 0.3) is 0 Å². The van der Waals surface area contributed by atoms with Gasteiger partial charge in [0.1, 0.15) is 0 Å². The highest BCUT2D eigenvalue weighted by molar-refractivity contribution is 5.35. The second-order valence-electron chi connectivity index (χ2n) is 6.48. The van der Waals surface area contributed by atoms with Gasteiger partial charge in [-0.2, -0.15) is 0 Å². The highest BCUT2D eigenvalue weighted by atomic mass is 16.3. The van der Waals surface area contributed by atoms with E-state index in [1.54, 1.807) is 11.1 Å². The Bertz CT molecular complexity index is 472. The number of fused-ring (bicyclic) bond motifs is 1. The molecule has 4 rings (SSSR count). The van der Waals surface area contributed by atoms with Crippen molar-refractivity contribution < 1.29 is 5.11 Å². The fraction of sp³-hybridized carbons (Fsp3) is 0.625. The first-order valence-electron chi connectivity index (χ1n) is 7.28. The Kier molecular flexibility index (Phi) is 2.33. The van der Waals surface area contributed by atoms with Crippen molar-refractivity contribution in [3.8, 4) is 0 Å². The molecule has 1 aliphatic heterocycles. The van der Waals surface area contributed by atoms with Crippen LogP contribution < -0.4 is 0 Å². The zero-order chi connectivity index (χ0) is 12.2. The van der Waals surface area contributed by atoms with E-state index in [1.807, 2.05) is 0 Å².